The first kappa shape index (κ1) is 26.8. The van der Waals surface area contributed by atoms with Crippen LogP contribution in [0.2, 0.25) is 0 Å². The Bertz CT molecular complexity index is 838. The van der Waals surface area contributed by atoms with Crippen molar-refractivity contribution in [3.05, 3.63) is 29.8 Å². The second-order valence-electron chi connectivity index (χ2n) is 9.01. The maximum atomic E-state index is 12.5. The molecule has 0 aliphatic rings. The van der Waals surface area contributed by atoms with Crippen LogP contribution in [0.4, 0.5) is 9.59 Å². The van der Waals surface area contributed by atoms with Gasteiger partial charge < -0.3 is 14.2 Å². The highest BCUT2D eigenvalue weighted by Gasteiger charge is 2.26. The predicted octanol–water partition coefficient (Wildman–Crippen LogP) is 4.73. The van der Waals surface area contributed by atoms with Gasteiger partial charge in [-0.3, -0.25) is 4.79 Å². The molecule has 0 aromatic heterocycles. The van der Waals surface area contributed by atoms with Gasteiger partial charge in [-0.05, 0) is 79.2 Å². The molecule has 1 aromatic carbocycles. The van der Waals surface area contributed by atoms with Crippen LogP contribution in [0.15, 0.2) is 24.3 Å². The van der Waals surface area contributed by atoms with Crippen LogP contribution < -0.4 is 10.2 Å². The summed E-state index contributed by atoms with van der Waals surface area (Å²) in [5, 5.41) is 1.03. The number of hydrazine groups is 1. The molecule has 32 heavy (non-hydrogen) atoms. The summed E-state index contributed by atoms with van der Waals surface area (Å²) >= 11 is 0. The van der Waals surface area contributed by atoms with Gasteiger partial charge in [-0.25, -0.2) is 20.0 Å². The number of carbonyl (C=O) groups is 3. The highest BCUT2D eigenvalue weighted by Crippen LogP contribution is 2.15. The van der Waals surface area contributed by atoms with E-state index >= 15 is 0 Å². The zero-order valence-corrected chi connectivity index (χ0v) is 20.0. The van der Waals surface area contributed by atoms with Crippen molar-refractivity contribution < 1.29 is 28.6 Å². The summed E-state index contributed by atoms with van der Waals surface area (Å²) in [5.74, 6) is 6.08. The molecule has 176 valence electrons. The van der Waals surface area contributed by atoms with Gasteiger partial charge in [0, 0.05) is 18.5 Å². The van der Waals surface area contributed by atoms with E-state index < -0.39 is 23.4 Å². The standard InChI is InChI=1S/C24H34N2O6/c1-8-9-17-30-19-14-12-18(13-15-19)20(27)11-10-16-26(22(29)32-24(5,6)7)25-21(28)31-23(2,3)4/h12-15H,10-11,16-17H2,1-7H3,(H,25,28). The maximum absolute atomic E-state index is 12.5. The molecule has 0 spiro atoms. The topological polar surface area (TPSA) is 94.2 Å². The summed E-state index contributed by atoms with van der Waals surface area (Å²) in [6.07, 6.45) is -1.01. The van der Waals surface area contributed by atoms with E-state index in [9.17, 15) is 14.4 Å². The molecule has 0 fully saturated rings. The van der Waals surface area contributed by atoms with Crippen LogP contribution in [0.1, 0.15) is 71.7 Å². The number of hydrogen-bond donors (Lipinski definition) is 1. The van der Waals surface area contributed by atoms with Gasteiger partial charge in [0.2, 0.25) is 0 Å². The molecule has 8 nitrogen and oxygen atoms in total. The number of amides is 2. The number of hydrogen-bond acceptors (Lipinski definition) is 6. The van der Waals surface area contributed by atoms with Crippen LogP contribution in [-0.2, 0) is 9.47 Å². The Morgan fingerprint density at radius 3 is 2.09 bits per heavy atom. The maximum Gasteiger partial charge on any atom is 0.429 e. The molecule has 0 aliphatic carbocycles. The molecular formula is C24H34N2O6. The molecule has 1 N–H and O–H groups in total. The third kappa shape index (κ3) is 11.3. The zero-order valence-electron chi connectivity index (χ0n) is 20.0. The van der Waals surface area contributed by atoms with Gasteiger partial charge in [-0.15, -0.1) is 5.92 Å². The lowest BCUT2D eigenvalue weighted by molar-refractivity contribution is 0.00108. The minimum Gasteiger partial charge on any atom is -0.481 e. The second-order valence-corrected chi connectivity index (χ2v) is 9.01. The first-order valence-electron chi connectivity index (χ1n) is 10.5. The van der Waals surface area contributed by atoms with E-state index in [-0.39, 0.29) is 25.4 Å². The Labute approximate surface area is 190 Å². The molecular weight excluding hydrogens is 412 g/mol. The Kier molecular flexibility index (Phi) is 10.0. The molecule has 0 heterocycles. The number of ether oxygens (including phenoxy) is 3. The molecule has 1 rings (SSSR count). The van der Waals surface area contributed by atoms with Crippen LogP contribution >= 0.6 is 0 Å². The molecule has 0 aliphatic heterocycles. The van der Waals surface area contributed by atoms with Gasteiger partial charge in [0.05, 0.1) is 0 Å². The molecule has 2 amide bonds. The Morgan fingerprint density at radius 2 is 1.56 bits per heavy atom. The first-order valence-corrected chi connectivity index (χ1v) is 10.5. The zero-order chi connectivity index (χ0) is 24.4. The SMILES string of the molecule is CC#CCOc1ccc(C(=O)CCCN(NC(=O)OC(C)(C)C)C(=O)OC(C)(C)C)cc1. The number of nitrogens with zero attached hydrogens (tertiary/aromatic N) is 1. The number of rotatable bonds is 7. The average Bonchev–Trinajstić information content (AvgIpc) is 2.65. The summed E-state index contributed by atoms with van der Waals surface area (Å²) in [7, 11) is 0. The summed E-state index contributed by atoms with van der Waals surface area (Å²) in [5.41, 5.74) is 1.46. The summed E-state index contributed by atoms with van der Waals surface area (Å²) in [6.45, 7) is 12.4. The lowest BCUT2D eigenvalue weighted by Crippen LogP contribution is -2.50. The minimum atomic E-state index is -0.780. The molecule has 1 aromatic rings. The molecule has 0 saturated carbocycles. The molecule has 0 unspecified atom stereocenters. The van der Waals surface area contributed by atoms with E-state index in [1.807, 2.05) is 0 Å². The lowest BCUT2D eigenvalue weighted by atomic mass is 10.1. The minimum absolute atomic E-state index is 0.0801. The molecule has 0 saturated heterocycles. The number of carbonyl (C=O) groups excluding carboxylic acids is 3. The molecule has 8 heteroatoms. The molecule has 0 bridgehead atoms. The average molecular weight is 447 g/mol. The smallest absolute Gasteiger partial charge is 0.429 e. The summed E-state index contributed by atoms with van der Waals surface area (Å²) in [6, 6.07) is 6.78. The number of benzene rings is 1. The van der Waals surface area contributed by atoms with Crippen LogP contribution in [0.3, 0.4) is 0 Å². The van der Waals surface area contributed by atoms with E-state index in [1.54, 1.807) is 72.7 Å². The molecule has 0 atom stereocenters. The predicted molar refractivity (Wildman–Crippen MR) is 121 cm³/mol. The van der Waals surface area contributed by atoms with Crippen LogP contribution in [-0.4, -0.2) is 47.3 Å². The van der Waals surface area contributed by atoms with Crippen molar-refractivity contribution in [1.82, 2.24) is 10.4 Å². The Hall–Kier alpha value is -3.21. The van der Waals surface area contributed by atoms with Gasteiger partial charge in [0.1, 0.15) is 23.6 Å². The Balaban J connectivity index is 2.69. The second kappa shape index (κ2) is 12.0. The van der Waals surface area contributed by atoms with Gasteiger partial charge >= 0.3 is 12.2 Å². The van der Waals surface area contributed by atoms with E-state index in [0.717, 1.165) is 5.01 Å². The highest BCUT2D eigenvalue weighted by atomic mass is 16.6. The van der Waals surface area contributed by atoms with Crippen molar-refractivity contribution in [3.63, 3.8) is 0 Å². The van der Waals surface area contributed by atoms with Crippen molar-refractivity contribution >= 4 is 18.0 Å². The third-order valence-electron chi connectivity index (χ3n) is 3.69. The monoisotopic (exact) mass is 446 g/mol. The highest BCUT2D eigenvalue weighted by molar-refractivity contribution is 5.96. The normalized spacial score (nSPS) is 11.0. The van der Waals surface area contributed by atoms with Crippen LogP contribution in [0.25, 0.3) is 0 Å². The summed E-state index contributed by atoms with van der Waals surface area (Å²) in [4.78, 5) is 37.1. The molecule has 0 radical (unpaired) electrons. The fourth-order valence-corrected chi connectivity index (χ4v) is 2.39. The van der Waals surface area contributed by atoms with Gasteiger partial charge in [-0.1, -0.05) is 5.92 Å². The van der Waals surface area contributed by atoms with Crippen LogP contribution in [0.5, 0.6) is 5.75 Å². The first-order chi connectivity index (χ1) is 14.8. The fourth-order valence-electron chi connectivity index (χ4n) is 2.39. The fraction of sp³-hybridized carbons (Fsp3) is 0.542. The Morgan fingerprint density at radius 1 is 0.969 bits per heavy atom. The van der Waals surface area contributed by atoms with Gasteiger partial charge in [-0.2, -0.15) is 0 Å². The van der Waals surface area contributed by atoms with Crippen molar-refractivity contribution in [1.29, 1.82) is 0 Å². The van der Waals surface area contributed by atoms with Crippen LogP contribution in [0, 0.1) is 11.8 Å². The van der Waals surface area contributed by atoms with Gasteiger partial charge in [0.25, 0.3) is 0 Å². The number of ketones is 1. The van der Waals surface area contributed by atoms with Crippen molar-refractivity contribution in [3.8, 4) is 17.6 Å². The van der Waals surface area contributed by atoms with E-state index in [2.05, 4.69) is 17.3 Å². The van der Waals surface area contributed by atoms with Crippen molar-refractivity contribution in [2.24, 2.45) is 0 Å². The quantitative estimate of drug-likeness (QED) is 0.370. The number of Topliss-reactive ketones (excluding diaryl/α,β-unsaturated/α-hetero) is 1. The van der Waals surface area contributed by atoms with E-state index in [4.69, 9.17) is 14.2 Å². The van der Waals surface area contributed by atoms with Gasteiger partial charge in [0.15, 0.2) is 5.78 Å². The number of nitrogens with one attached hydrogen (secondary N) is 1. The third-order valence-corrected chi connectivity index (χ3v) is 3.69. The van der Waals surface area contributed by atoms with E-state index in [1.165, 1.54) is 0 Å². The summed E-state index contributed by atoms with van der Waals surface area (Å²) < 4.78 is 16.0. The largest absolute Gasteiger partial charge is 0.481 e. The van der Waals surface area contributed by atoms with E-state index in [0.29, 0.717) is 17.7 Å². The van der Waals surface area contributed by atoms with Crippen molar-refractivity contribution in [2.45, 2.75) is 72.5 Å². The van der Waals surface area contributed by atoms with Crippen molar-refractivity contribution in [2.75, 3.05) is 13.2 Å². The lowest BCUT2D eigenvalue weighted by Gasteiger charge is -2.28.